The number of hydrogen-bond donors (Lipinski definition) is 1. The molecule has 0 spiro atoms. The van der Waals surface area contributed by atoms with E-state index in [1.165, 1.54) is 0 Å². The van der Waals surface area contributed by atoms with E-state index in [4.69, 9.17) is 9.47 Å². The molecule has 1 fully saturated rings. The van der Waals surface area contributed by atoms with Gasteiger partial charge in [0.1, 0.15) is 0 Å². The molecule has 5 rings (SSSR count). The monoisotopic (exact) mass is 504 g/mol. The Kier molecular flexibility index (Phi) is 7.28. The fourth-order valence-electron chi connectivity index (χ4n) is 5.66. The van der Waals surface area contributed by atoms with E-state index in [9.17, 15) is 9.59 Å². The molecule has 1 aliphatic carbocycles. The summed E-state index contributed by atoms with van der Waals surface area (Å²) in [6.07, 6.45) is 4.88. The summed E-state index contributed by atoms with van der Waals surface area (Å²) in [6, 6.07) is 17.4. The van der Waals surface area contributed by atoms with Crippen LogP contribution in [0, 0.1) is 0 Å². The Morgan fingerprint density at radius 1 is 1.03 bits per heavy atom. The first-order valence-corrected chi connectivity index (χ1v) is 13.4. The highest BCUT2D eigenvalue weighted by Gasteiger charge is 2.47. The van der Waals surface area contributed by atoms with Gasteiger partial charge in [-0.1, -0.05) is 43.2 Å². The van der Waals surface area contributed by atoms with Gasteiger partial charge in [0.2, 0.25) is 5.91 Å². The summed E-state index contributed by atoms with van der Waals surface area (Å²) in [5, 5.41) is 5.21. The molecule has 2 aliphatic rings. The molecule has 2 heterocycles. The molecule has 188 valence electrons. The number of thiophene rings is 1. The fraction of sp³-hybridized carbons (Fsp3) is 0.379. The maximum Gasteiger partial charge on any atom is 0.254 e. The zero-order valence-corrected chi connectivity index (χ0v) is 21.6. The molecule has 3 aromatic rings. The van der Waals surface area contributed by atoms with Gasteiger partial charge in [0.15, 0.2) is 11.5 Å². The topological polar surface area (TPSA) is 67.9 Å². The smallest absolute Gasteiger partial charge is 0.254 e. The van der Waals surface area contributed by atoms with Crippen molar-refractivity contribution in [2.24, 2.45) is 0 Å². The summed E-state index contributed by atoms with van der Waals surface area (Å²) in [7, 11) is 3.23. The molecule has 2 aromatic carbocycles. The summed E-state index contributed by atoms with van der Waals surface area (Å²) < 4.78 is 10.7. The largest absolute Gasteiger partial charge is 0.493 e. The lowest BCUT2D eigenvalue weighted by Crippen LogP contribution is -2.50. The van der Waals surface area contributed by atoms with Crippen LogP contribution in [0.5, 0.6) is 11.5 Å². The molecular weight excluding hydrogens is 472 g/mol. The van der Waals surface area contributed by atoms with Crippen LogP contribution in [0.2, 0.25) is 0 Å². The van der Waals surface area contributed by atoms with E-state index in [2.05, 4.69) is 11.4 Å². The number of nitrogens with zero attached hydrogens (tertiary/aromatic N) is 1. The first-order chi connectivity index (χ1) is 17.6. The number of rotatable bonds is 8. The third-order valence-corrected chi connectivity index (χ3v) is 8.32. The Morgan fingerprint density at radius 2 is 1.81 bits per heavy atom. The summed E-state index contributed by atoms with van der Waals surface area (Å²) in [5.74, 6) is 0.899. The SMILES string of the molecule is COc1ccc(CCNC(=O)[C@@H]2c3ccccc3C(=O)N(C3CCCC3)[C@H]2c2cccs2)cc1OC. The van der Waals surface area contributed by atoms with Gasteiger partial charge in [0.25, 0.3) is 5.91 Å². The Bertz CT molecular complexity index is 1220. The second-order valence-corrected chi connectivity index (χ2v) is 10.4. The van der Waals surface area contributed by atoms with Crippen molar-refractivity contribution in [2.75, 3.05) is 20.8 Å². The van der Waals surface area contributed by atoms with Crippen molar-refractivity contribution >= 4 is 23.2 Å². The van der Waals surface area contributed by atoms with Gasteiger partial charge in [-0.05, 0) is 60.0 Å². The molecule has 0 unspecified atom stereocenters. The van der Waals surface area contributed by atoms with Crippen LogP contribution in [0.4, 0.5) is 0 Å². The van der Waals surface area contributed by atoms with Crippen LogP contribution < -0.4 is 14.8 Å². The highest BCUT2D eigenvalue weighted by atomic mass is 32.1. The lowest BCUT2D eigenvalue weighted by Gasteiger charge is -2.44. The third-order valence-electron chi connectivity index (χ3n) is 7.37. The van der Waals surface area contributed by atoms with E-state index in [1.54, 1.807) is 25.6 Å². The highest BCUT2D eigenvalue weighted by Crippen LogP contribution is 2.47. The fourth-order valence-corrected chi connectivity index (χ4v) is 6.52. The minimum absolute atomic E-state index is 0.0446. The van der Waals surface area contributed by atoms with E-state index >= 15 is 0 Å². The second-order valence-electron chi connectivity index (χ2n) is 9.41. The molecule has 2 amide bonds. The number of amides is 2. The highest BCUT2D eigenvalue weighted by molar-refractivity contribution is 7.10. The first kappa shape index (κ1) is 24.4. The number of hydrogen-bond acceptors (Lipinski definition) is 5. The van der Waals surface area contributed by atoms with Gasteiger partial charge in [-0.25, -0.2) is 0 Å². The molecule has 2 atom stereocenters. The first-order valence-electron chi connectivity index (χ1n) is 12.6. The Labute approximate surface area is 216 Å². The van der Waals surface area contributed by atoms with Crippen LogP contribution in [-0.2, 0) is 11.2 Å². The lowest BCUT2D eigenvalue weighted by molar-refractivity contribution is -0.124. The molecule has 1 aromatic heterocycles. The van der Waals surface area contributed by atoms with E-state index in [-0.39, 0.29) is 23.9 Å². The zero-order chi connectivity index (χ0) is 25.1. The number of methoxy groups -OCH3 is 2. The Morgan fingerprint density at radius 3 is 2.53 bits per heavy atom. The van der Waals surface area contributed by atoms with E-state index in [1.807, 2.05) is 58.8 Å². The summed E-state index contributed by atoms with van der Waals surface area (Å²) in [4.78, 5) is 30.7. The van der Waals surface area contributed by atoms with Crippen LogP contribution in [0.15, 0.2) is 60.0 Å². The molecule has 36 heavy (non-hydrogen) atoms. The van der Waals surface area contributed by atoms with E-state index < -0.39 is 5.92 Å². The minimum atomic E-state index is -0.455. The van der Waals surface area contributed by atoms with Crippen molar-refractivity contribution in [3.8, 4) is 11.5 Å². The quantitative estimate of drug-likeness (QED) is 0.449. The van der Waals surface area contributed by atoms with Crippen LogP contribution in [0.3, 0.4) is 0 Å². The number of nitrogens with one attached hydrogen (secondary N) is 1. The van der Waals surface area contributed by atoms with Crippen LogP contribution >= 0.6 is 11.3 Å². The molecule has 1 aliphatic heterocycles. The maximum atomic E-state index is 13.9. The summed E-state index contributed by atoms with van der Waals surface area (Å²) in [5.41, 5.74) is 2.52. The molecule has 6 nitrogen and oxygen atoms in total. The maximum absolute atomic E-state index is 13.9. The lowest BCUT2D eigenvalue weighted by atomic mass is 9.80. The Hall–Kier alpha value is -3.32. The summed E-state index contributed by atoms with van der Waals surface area (Å²) in [6.45, 7) is 0.488. The molecule has 1 N–H and O–H groups in total. The number of benzene rings is 2. The average Bonchev–Trinajstić information content (AvgIpc) is 3.63. The van der Waals surface area contributed by atoms with Crippen molar-refractivity contribution in [2.45, 2.75) is 50.1 Å². The van der Waals surface area contributed by atoms with Crippen LogP contribution in [-0.4, -0.2) is 43.5 Å². The van der Waals surface area contributed by atoms with Gasteiger partial charge in [-0.3, -0.25) is 9.59 Å². The van der Waals surface area contributed by atoms with Gasteiger partial charge >= 0.3 is 0 Å². The van der Waals surface area contributed by atoms with Crippen molar-refractivity contribution in [1.82, 2.24) is 10.2 Å². The normalized spacial score (nSPS) is 19.7. The number of ether oxygens (including phenoxy) is 2. The van der Waals surface area contributed by atoms with Crippen molar-refractivity contribution in [3.05, 3.63) is 81.5 Å². The predicted molar refractivity (Wildman–Crippen MR) is 141 cm³/mol. The van der Waals surface area contributed by atoms with Crippen molar-refractivity contribution in [3.63, 3.8) is 0 Å². The van der Waals surface area contributed by atoms with Crippen molar-refractivity contribution in [1.29, 1.82) is 0 Å². The predicted octanol–water partition coefficient (Wildman–Crippen LogP) is 5.35. The van der Waals surface area contributed by atoms with Crippen LogP contribution in [0.25, 0.3) is 0 Å². The minimum Gasteiger partial charge on any atom is -0.493 e. The number of fused-ring (bicyclic) bond motifs is 1. The Balaban J connectivity index is 1.43. The van der Waals surface area contributed by atoms with Crippen molar-refractivity contribution < 1.29 is 19.1 Å². The zero-order valence-electron chi connectivity index (χ0n) is 20.7. The molecule has 0 radical (unpaired) electrons. The van der Waals surface area contributed by atoms with Crippen LogP contribution in [0.1, 0.15) is 64.0 Å². The molecule has 7 heteroatoms. The van der Waals surface area contributed by atoms with Gasteiger partial charge in [-0.15, -0.1) is 11.3 Å². The average molecular weight is 505 g/mol. The molecule has 0 saturated heterocycles. The van der Waals surface area contributed by atoms with E-state index in [0.717, 1.165) is 41.7 Å². The molecular formula is C29H32N2O4S. The number of carbonyl (C=O) groups excluding carboxylic acids is 2. The second kappa shape index (κ2) is 10.7. The van der Waals surface area contributed by atoms with Gasteiger partial charge < -0.3 is 19.7 Å². The number of carbonyl (C=O) groups is 2. The molecule has 1 saturated carbocycles. The van der Waals surface area contributed by atoms with Gasteiger partial charge in [0.05, 0.1) is 26.2 Å². The summed E-state index contributed by atoms with van der Waals surface area (Å²) >= 11 is 1.62. The molecule has 0 bridgehead atoms. The van der Waals surface area contributed by atoms with Gasteiger partial charge in [-0.2, -0.15) is 0 Å². The standard InChI is InChI=1S/C29H32N2O4S/c1-34-23-14-13-19(18-24(23)35-2)15-16-30-28(32)26-21-10-5-6-11-22(21)29(33)31(20-8-3-4-9-20)27(26)25-12-7-17-36-25/h5-7,10-14,17-18,20,26-27H,3-4,8-9,15-16H2,1-2H3,(H,30,32)/t26-,27+/m1/s1. The van der Waals surface area contributed by atoms with Gasteiger partial charge in [0, 0.05) is 23.0 Å². The van der Waals surface area contributed by atoms with E-state index in [0.29, 0.717) is 30.0 Å². The third kappa shape index (κ3) is 4.60.